The normalized spacial score (nSPS) is 8.44. The summed E-state index contributed by atoms with van der Waals surface area (Å²) in [5, 5.41) is 0. The van der Waals surface area contributed by atoms with Gasteiger partial charge in [-0.3, -0.25) is 0 Å². The zero-order valence-electron chi connectivity index (χ0n) is 4.45. The standard InChI is InChI=1S/C4H3Cl3O2/c1-2(3(5)6)9-4(7)8/h1H3. The molecule has 0 heterocycles. The maximum Gasteiger partial charge on any atom is 0.408 e. The first-order valence-electron chi connectivity index (χ1n) is 1.93. The van der Waals surface area contributed by atoms with Crippen LogP contribution in [0.1, 0.15) is 6.92 Å². The monoisotopic (exact) mass is 188 g/mol. The van der Waals surface area contributed by atoms with Crippen LogP contribution in [0.3, 0.4) is 0 Å². The van der Waals surface area contributed by atoms with E-state index < -0.39 is 5.43 Å². The van der Waals surface area contributed by atoms with E-state index in [1.165, 1.54) is 6.92 Å². The van der Waals surface area contributed by atoms with Gasteiger partial charge in [-0.2, -0.15) is 0 Å². The molecule has 0 aromatic carbocycles. The molecular weight excluding hydrogens is 186 g/mol. The van der Waals surface area contributed by atoms with Gasteiger partial charge in [-0.15, -0.1) is 0 Å². The molecule has 0 aromatic rings. The van der Waals surface area contributed by atoms with Gasteiger partial charge in [0.25, 0.3) is 0 Å². The predicted octanol–water partition coefficient (Wildman–Crippen LogP) is 3.03. The summed E-state index contributed by atoms with van der Waals surface area (Å²) in [6.45, 7) is 1.43. The third kappa shape index (κ3) is 4.58. The maximum atomic E-state index is 9.95. The summed E-state index contributed by atoms with van der Waals surface area (Å²) in [5.74, 6) is 0.0957. The molecule has 0 rings (SSSR count). The molecule has 9 heavy (non-hydrogen) atoms. The van der Waals surface area contributed by atoms with Crippen molar-refractivity contribution in [2.24, 2.45) is 0 Å². The van der Waals surface area contributed by atoms with Gasteiger partial charge < -0.3 is 4.74 Å². The van der Waals surface area contributed by atoms with Crippen molar-refractivity contribution in [1.82, 2.24) is 0 Å². The topological polar surface area (TPSA) is 26.3 Å². The van der Waals surface area contributed by atoms with E-state index >= 15 is 0 Å². The van der Waals surface area contributed by atoms with E-state index in [-0.39, 0.29) is 10.3 Å². The Labute approximate surface area is 67.3 Å². The van der Waals surface area contributed by atoms with Crippen LogP contribution in [0, 0.1) is 0 Å². The summed E-state index contributed by atoms with van der Waals surface area (Å²) in [6.07, 6.45) is 0. The second kappa shape index (κ2) is 3.99. The van der Waals surface area contributed by atoms with Crippen LogP contribution < -0.4 is 0 Å². The maximum absolute atomic E-state index is 9.95. The summed E-state index contributed by atoms with van der Waals surface area (Å²) in [5.41, 5.74) is -0.952. The molecule has 0 atom stereocenters. The van der Waals surface area contributed by atoms with Crippen LogP contribution in [0.2, 0.25) is 0 Å². The first-order valence-corrected chi connectivity index (χ1v) is 3.06. The highest BCUT2D eigenvalue weighted by molar-refractivity contribution is 6.61. The SMILES string of the molecule is CC(OC(=O)Cl)=C(Cl)Cl. The summed E-state index contributed by atoms with van der Waals surface area (Å²) in [6, 6.07) is 0. The Kier molecular flexibility index (Phi) is 4.02. The number of halogens is 3. The molecule has 0 N–H and O–H groups in total. The summed E-state index contributed by atoms with van der Waals surface area (Å²) < 4.78 is 4.15. The van der Waals surface area contributed by atoms with Crippen LogP contribution in [-0.2, 0) is 4.74 Å². The lowest BCUT2D eigenvalue weighted by molar-refractivity contribution is 0.203. The number of carbonyl (C=O) groups excluding carboxylic acids is 1. The molecule has 2 nitrogen and oxygen atoms in total. The van der Waals surface area contributed by atoms with E-state index in [0.717, 1.165) is 0 Å². The van der Waals surface area contributed by atoms with E-state index in [0.29, 0.717) is 0 Å². The van der Waals surface area contributed by atoms with Gasteiger partial charge in [0.05, 0.1) is 0 Å². The highest BCUT2D eigenvalue weighted by atomic mass is 35.5. The van der Waals surface area contributed by atoms with Crippen LogP contribution in [0.5, 0.6) is 0 Å². The second-order valence-corrected chi connectivity index (χ2v) is 2.41. The Morgan fingerprint density at radius 2 is 1.78 bits per heavy atom. The fourth-order valence-electron chi connectivity index (χ4n) is 0.159. The quantitative estimate of drug-likeness (QED) is 0.468. The van der Waals surface area contributed by atoms with Crippen molar-refractivity contribution >= 4 is 40.2 Å². The van der Waals surface area contributed by atoms with Crippen molar-refractivity contribution < 1.29 is 9.53 Å². The molecule has 5 heteroatoms. The van der Waals surface area contributed by atoms with E-state index in [1.807, 2.05) is 0 Å². The minimum Gasteiger partial charge on any atom is -0.417 e. The molecule has 0 saturated heterocycles. The molecule has 0 fully saturated rings. The average Bonchev–Trinajstić information content (AvgIpc) is 1.63. The van der Waals surface area contributed by atoms with Crippen molar-refractivity contribution in [2.75, 3.05) is 0 Å². The van der Waals surface area contributed by atoms with Crippen molar-refractivity contribution in [3.05, 3.63) is 10.3 Å². The summed E-state index contributed by atoms with van der Waals surface area (Å²) in [7, 11) is 0. The number of rotatable bonds is 1. The second-order valence-electron chi connectivity index (χ2n) is 1.16. The number of ether oxygens (including phenoxy) is 1. The van der Waals surface area contributed by atoms with Gasteiger partial charge >= 0.3 is 5.43 Å². The molecule has 0 aliphatic heterocycles. The van der Waals surface area contributed by atoms with Gasteiger partial charge in [0.2, 0.25) is 0 Å². The zero-order valence-corrected chi connectivity index (χ0v) is 6.72. The van der Waals surface area contributed by atoms with E-state index in [9.17, 15) is 4.79 Å². The van der Waals surface area contributed by atoms with Gasteiger partial charge in [-0.05, 0) is 6.92 Å². The number of hydrogen-bond acceptors (Lipinski definition) is 2. The highest BCUT2D eigenvalue weighted by Crippen LogP contribution is 2.15. The fourth-order valence-corrected chi connectivity index (χ4v) is 0.352. The molecule has 0 amide bonds. The lowest BCUT2D eigenvalue weighted by Gasteiger charge is -1.96. The molecule has 0 bridgehead atoms. The molecule has 0 radical (unpaired) electrons. The fraction of sp³-hybridized carbons (Fsp3) is 0.250. The minimum absolute atomic E-state index is 0.0957. The molecular formula is C4H3Cl3O2. The Morgan fingerprint density at radius 3 is 1.89 bits per heavy atom. The van der Waals surface area contributed by atoms with Crippen LogP contribution in [-0.4, -0.2) is 5.43 Å². The number of allylic oxidation sites excluding steroid dienone is 1. The average molecular weight is 189 g/mol. The Bertz CT molecular complexity index is 148. The van der Waals surface area contributed by atoms with Crippen LogP contribution in [0.25, 0.3) is 0 Å². The molecule has 0 unspecified atom stereocenters. The van der Waals surface area contributed by atoms with E-state index in [4.69, 9.17) is 34.8 Å². The zero-order chi connectivity index (χ0) is 7.44. The predicted molar refractivity (Wildman–Crippen MR) is 36.7 cm³/mol. The third-order valence-corrected chi connectivity index (χ3v) is 1.11. The van der Waals surface area contributed by atoms with Crippen molar-refractivity contribution in [1.29, 1.82) is 0 Å². The molecule has 0 aliphatic rings. The molecule has 0 aliphatic carbocycles. The Hall–Kier alpha value is 0.0800. The lowest BCUT2D eigenvalue weighted by Crippen LogP contribution is -1.90. The van der Waals surface area contributed by atoms with Crippen LogP contribution in [0.4, 0.5) is 4.79 Å². The highest BCUT2D eigenvalue weighted by Gasteiger charge is 2.00. The first kappa shape index (κ1) is 9.08. The number of carbonyl (C=O) groups is 1. The molecule has 0 saturated carbocycles. The largest absolute Gasteiger partial charge is 0.417 e. The van der Waals surface area contributed by atoms with E-state index in [1.54, 1.807) is 0 Å². The smallest absolute Gasteiger partial charge is 0.408 e. The summed E-state index contributed by atoms with van der Waals surface area (Å²) >= 11 is 15.2. The lowest BCUT2D eigenvalue weighted by atomic mass is 10.7. The van der Waals surface area contributed by atoms with Crippen molar-refractivity contribution in [2.45, 2.75) is 6.92 Å². The first-order chi connectivity index (χ1) is 4.04. The van der Waals surface area contributed by atoms with Crippen LogP contribution in [0.15, 0.2) is 10.3 Å². The summed E-state index contributed by atoms with van der Waals surface area (Å²) in [4.78, 5) is 9.95. The number of hydrogen-bond donors (Lipinski definition) is 0. The van der Waals surface area contributed by atoms with Gasteiger partial charge in [-0.25, -0.2) is 4.79 Å². The minimum atomic E-state index is -0.952. The Morgan fingerprint density at radius 1 is 1.33 bits per heavy atom. The van der Waals surface area contributed by atoms with Gasteiger partial charge in [0.1, 0.15) is 10.3 Å². The molecule has 0 aromatic heterocycles. The van der Waals surface area contributed by atoms with Gasteiger partial charge in [-0.1, -0.05) is 23.2 Å². The molecule has 52 valence electrons. The van der Waals surface area contributed by atoms with Crippen molar-refractivity contribution in [3.63, 3.8) is 0 Å². The van der Waals surface area contributed by atoms with Crippen molar-refractivity contribution in [3.8, 4) is 0 Å². The molecule has 0 spiro atoms. The third-order valence-electron chi connectivity index (χ3n) is 0.499. The van der Waals surface area contributed by atoms with E-state index in [2.05, 4.69) is 4.74 Å². The van der Waals surface area contributed by atoms with Gasteiger partial charge in [0, 0.05) is 11.6 Å². The van der Waals surface area contributed by atoms with Gasteiger partial charge in [0.15, 0.2) is 0 Å². The Balaban J connectivity index is 3.92. The van der Waals surface area contributed by atoms with Crippen LogP contribution >= 0.6 is 34.8 Å².